The van der Waals surface area contributed by atoms with Crippen LogP contribution in [0, 0.1) is 12.7 Å². The number of carbonyl (C=O) groups is 2. The van der Waals surface area contributed by atoms with Crippen LogP contribution in [-0.4, -0.2) is 18.4 Å². The Kier molecular flexibility index (Phi) is 5.54. The highest BCUT2D eigenvalue weighted by atomic mass is 35.5. The topological polar surface area (TPSA) is 67.4 Å². The Balaban J connectivity index is 1.83. The van der Waals surface area contributed by atoms with Gasteiger partial charge in [0, 0.05) is 5.02 Å². The fraction of sp³-hybridized carbons (Fsp3) is 0.125. The van der Waals surface area contributed by atoms with Crippen LogP contribution in [0.4, 0.5) is 4.39 Å². The van der Waals surface area contributed by atoms with Crippen molar-refractivity contribution in [3.05, 3.63) is 64.4 Å². The molecule has 0 aromatic heterocycles. The van der Waals surface area contributed by atoms with Crippen molar-refractivity contribution in [2.45, 2.75) is 6.92 Å². The SMILES string of the molecule is Cc1cc(Cl)ccc1OCC(=O)NNC(=O)c1ccccc1F. The summed E-state index contributed by atoms with van der Waals surface area (Å²) in [7, 11) is 0. The van der Waals surface area contributed by atoms with Crippen LogP contribution in [0.5, 0.6) is 5.75 Å². The van der Waals surface area contributed by atoms with E-state index in [0.717, 1.165) is 11.6 Å². The monoisotopic (exact) mass is 336 g/mol. The third kappa shape index (κ3) is 4.69. The Morgan fingerprint density at radius 3 is 2.61 bits per heavy atom. The first kappa shape index (κ1) is 16.8. The maximum Gasteiger partial charge on any atom is 0.276 e. The van der Waals surface area contributed by atoms with Crippen LogP contribution in [-0.2, 0) is 4.79 Å². The van der Waals surface area contributed by atoms with Gasteiger partial charge in [-0.2, -0.15) is 0 Å². The average Bonchev–Trinajstić information content (AvgIpc) is 2.52. The van der Waals surface area contributed by atoms with Crippen LogP contribution in [0.3, 0.4) is 0 Å². The maximum atomic E-state index is 13.4. The van der Waals surface area contributed by atoms with Crippen molar-refractivity contribution in [1.29, 1.82) is 0 Å². The van der Waals surface area contributed by atoms with E-state index in [0.29, 0.717) is 10.8 Å². The number of amides is 2. The molecule has 0 fully saturated rings. The van der Waals surface area contributed by atoms with Gasteiger partial charge in [-0.25, -0.2) is 4.39 Å². The molecular formula is C16H14ClFN2O3. The summed E-state index contributed by atoms with van der Waals surface area (Å²) in [4.78, 5) is 23.4. The van der Waals surface area contributed by atoms with Crippen molar-refractivity contribution in [2.24, 2.45) is 0 Å². The second kappa shape index (κ2) is 7.60. The zero-order valence-corrected chi connectivity index (χ0v) is 13.0. The van der Waals surface area contributed by atoms with E-state index in [1.54, 1.807) is 25.1 Å². The van der Waals surface area contributed by atoms with E-state index >= 15 is 0 Å². The highest BCUT2D eigenvalue weighted by molar-refractivity contribution is 6.30. The smallest absolute Gasteiger partial charge is 0.276 e. The molecule has 2 rings (SSSR count). The van der Waals surface area contributed by atoms with Crippen molar-refractivity contribution < 1.29 is 18.7 Å². The number of carbonyl (C=O) groups excluding carboxylic acids is 2. The third-order valence-corrected chi connectivity index (χ3v) is 3.16. The normalized spacial score (nSPS) is 10.0. The first-order chi connectivity index (χ1) is 11.0. The van der Waals surface area contributed by atoms with Crippen LogP contribution in [0.2, 0.25) is 5.02 Å². The molecule has 2 aromatic rings. The molecule has 0 radical (unpaired) electrons. The van der Waals surface area contributed by atoms with Gasteiger partial charge in [0.25, 0.3) is 11.8 Å². The van der Waals surface area contributed by atoms with Crippen molar-refractivity contribution in [1.82, 2.24) is 10.9 Å². The number of benzene rings is 2. The molecule has 0 spiro atoms. The van der Waals surface area contributed by atoms with E-state index < -0.39 is 17.6 Å². The van der Waals surface area contributed by atoms with Gasteiger partial charge in [-0.05, 0) is 42.8 Å². The van der Waals surface area contributed by atoms with Crippen molar-refractivity contribution in [3.63, 3.8) is 0 Å². The third-order valence-electron chi connectivity index (χ3n) is 2.93. The molecule has 23 heavy (non-hydrogen) atoms. The Hall–Kier alpha value is -2.60. The van der Waals surface area contributed by atoms with Gasteiger partial charge >= 0.3 is 0 Å². The molecule has 0 aliphatic rings. The Bertz CT molecular complexity index is 737. The van der Waals surface area contributed by atoms with Gasteiger partial charge in [-0.1, -0.05) is 23.7 Å². The van der Waals surface area contributed by atoms with Crippen LogP contribution in [0.15, 0.2) is 42.5 Å². The first-order valence-electron chi connectivity index (χ1n) is 6.70. The van der Waals surface area contributed by atoms with Gasteiger partial charge < -0.3 is 4.74 Å². The lowest BCUT2D eigenvalue weighted by Gasteiger charge is -2.10. The van der Waals surface area contributed by atoms with Crippen molar-refractivity contribution >= 4 is 23.4 Å². The average molecular weight is 337 g/mol. The highest BCUT2D eigenvalue weighted by Crippen LogP contribution is 2.21. The standard InChI is InChI=1S/C16H14ClFN2O3/c1-10-8-11(17)6-7-14(10)23-9-15(21)19-20-16(22)12-4-2-3-5-13(12)18/h2-8H,9H2,1H3,(H,19,21)(H,20,22). The number of hydrazine groups is 1. The number of ether oxygens (including phenoxy) is 1. The van der Waals surface area contributed by atoms with E-state index in [9.17, 15) is 14.0 Å². The summed E-state index contributed by atoms with van der Waals surface area (Å²) >= 11 is 5.82. The lowest BCUT2D eigenvalue weighted by atomic mass is 10.2. The summed E-state index contributed by atoms with van der Waals surface area (Å²) < 4.78 is 18.7. The number of hydrogen-bond donors (Lipinski definition) is 2. The van der Waals surface area contributed by atoms with Crippen LogP contribution in [0.25, 0.3) is 0 Å². The van der Waals surface area contributed by atoms with Gasteiger partial charge in [0.1, 0.15) is 11.6 Å². The fourth-order valence-electron chi connectivity index (χ4n) is 1.79. The van der Waals surface area contributed by atoms with E-state index in [4.69, 9.17) is 16.3 Å². The fourth-order valence-corrected chi connectivity index (χ4v) is 2.02. The predicted octanol–water partition coefficient (Wildman–Crippen LogP) is 2.63. The molecule has 0 aliphatic heterocycles. The van der Waals surface area contributed by atoms with Gasteiger partial charge in [0.05, 0.1) is 5.56 Å². The second-order valence-corrected chi connectivity index (χ2v) is 5.12. The molecule has 120 valence electrons. The highest BCUT2D eigenvalue weighted by Gasteiger charge is 2.12. The minimum atomic E-state index is -0.751. The molecule has 0 atom stereocenters. The van der Waals surface area contributed by atoms with Gasteiger partial charge in [0.15, 0.2) is 6.61 Å². The second-order valence-electron chi connectivity index (χ2n) is 4.68. The molecule has 0 aliphatic carbocycles. The van der Waals surface area contributed by atoms with E-state index in [-0.39, 0.29) is 12.2 Å². The molecule has 2 N–H and O–H groups in total. The summed E-state index contributed by atoms with van der Waals surface area (Å²) in [5.41, 5.74) is 4.89. The molecular weight excluding hydrogens is 323 g/mol. The summed E-state index contributed by atoms with van der Waals surface area (Å²) in [5.74, 6) is -1.50. The first-order valence-corrected chi connectivity index (χ1v) is 7.08. The van der Waals surface area contributed by atoms with Gasteiger partial charge in [-0.15, -0.1) is 0 Å². The Morgan fingerprint density at radius 1 is 1.17 bits per heavy atom. The molecule has 2 amide bonds. The lowest BCUT2D eigenvalue weighted by molar-refractivity contribution is -0.123. The Morgan fingerprint density at radius 2 is 1.91 bits per heavy atom. The molecule has 7 heteroatoms. The van der Waals surface area contributed by atoms with Crippen LogP contribution < -0.4 is 15.6 Å². The quantitative estimate of drug-likeness (QED) is 0.843. The lowest BCUT2D eigenvalue weighted by Crippen LogP contribution is -2.44. The zero-order valence-electron chi connectivity index (χ0n) is 12.2. The minimum absolute atomic E-state index is 0.165. The summed E-state index contributed by atoms with van der Waals surface area (Å²) in [6.07, 6.45) is 0. The molecule has 0 unspecified atom stereocenters. The van der Waals surface area contributed by atoms with E-state index in [2.05, 4.69) is 10.9 Å². The number of aryl methyl sites for hydroxylation is 1. The van der Waals surface area contributed by atoms with Gasteiger partial charge in [0.2, 0.25) is 0 Å². The molecule has 5 nitrogen and oxygen atoms in total. The largest absolute Gasteiger partial charge is 0.483 e. The van der Waals surface area contributed by atoms with Crippen LogP contribution in [0.1, 0.15) is 15.9 Å². The van der Waals surface area contributed by atoms with Crippen LogP contribution >= 0.6 is 11.6 Å². The molecule has 2 aromatic carbocycles. The predicted molar refractivity (Wildman–Crippen MR) is 83.7 cm³/mol. The number of hydrogen-bond acceptors (Lipinski definition) is 3. The molecule has 0 heterocycles. The zero-order chi connectivity index (χ0) is 16.8. The molecule has 0 bridgehead atoms. The van der Waals surface area contributed by atoms with Crippen molar-refractivity contribution in [3.8, 4) is 5.75 Å². The van der Waals surface area contributed by atoms with Gasteiger partial charge in [-0.3, -0.25) is 20.4 Å². The summed E-state index contributed by atoms with van der Waals surface area (Å²) in [6.45, 7) is 1.49. The maximum absolute atomic E-state index is 13.4. The van der Waals surface area contributed by atoms with E-state index in [1.807, 2.05) is 0 Å². The summed E-state index contributed by atoms with van der Waals surface area (Å²) in [5, 5.41) is 0.566. The molecule has 0 saturated heterocycles. The number of nitrogens with one attached hydrogen (secondary N) is 2. The minimum Gasteiger partial charge on any atom is -0.483 e. The number of rotatable bonds is 4. The van der Waals surface area contributed by atoms with Crippen molar-refractivity contribution in [2.75, 3.05) is 6.61 Å². The Labute approximate surface area is 137 Å². The van der Waals surface area contributed by atoms with E-state index in [1.165, 1.54) is 18.2 Å². The molecule has 0 saturated carbocycles. The number of halogens is 2. The summed E-state index contributed by atoms with van der Waals surface area (Å²) in [6, 6.07) is 10.4.